The quantitative estimate of drug-likeness (QED) is 0.181. The zero-order chi connectivity index (χ0) is 26.9. The normalized spacial score (nSPS) is 10.9. The topological polar surface area (TPSA) is 119 Å². The van der Waals surface area contributed by atoms with E-state index >= 15 is 0 Å². The summed E-state index contributed by atoms with van der Waals surface area (Å²) in [4.78, 5) is 31.6. The first-order valence-electron chi connectivity index (χ1n) is 11.7. The SMILES string of the molecule is Cc1cc(Nc2nccn3c(-c4ccc(OC(F)F)cc4)cnc23)ccc1C(=O)NCCOCCNC=O. The first kappa shape index (κ1) is 26.5. The minimum atomic E-state index is -2.88. The van der Waals surface area contributed by atoms with E-state index < -0.39 is 6.61 Å². The Labute approximate surface area is 217 Å². The van der Waals surface area contributed by atoms with E-state index in [1.165, 1.54) is 12.1 Å². The summed E-state index contributed by atoms with van der Waals surface area (Å²) < 4.78 is 36.4. The Morgan fingerprint density at radius 2 is 1.89 bits per heavy atom. The monoisotopic (exact) mass is 524 g/mol. The Bertz CT molecular complexity index is 1390. The lowest BCUT2D eigenvalue weighted by atomic mass is 10.1. The Kier molecular flexibility index (Phi) is 8.77. The van der Waals surface area contributed by atoms with Crippen molar-refractivity contribution in [2.75, 3.05) is 31.6 Å². The van der Waals surface area contributed by atoms with Crippen LogP contribution in [-0.2, 0) is 9.53 Å². The Morgan fingerprint density at radius 3 is 2.63 bits per heavy atom. The van der Waals surface area contributed by atoms with Crippen molar-refractivity contribution in [3.05, 3.63) is 72.2 Å². The number of anilines is 2. The number of amides is 2. The second-order valence-corrected chi connectivity index (χ2v) is 8.11. The third kappa shape index (κ3) is 6.59. The largest absolute Gasteiger partial charge is 0.435 e. The number of carbonyl (C=O) groups is 2. The number of aromatic nitrogens is 3. The third-order valence-electron chi connectivity index (χ3n) is 5.54. The summed E-state index contributed by atoms with van der Waals surface area (Å²) in [5.74, 6) is 0.368. The summed E-state index contributed by atoms with van der Waals surface area (Å²) in [6, 6.07) is 11.7. The molecule has 2 aromatic carbocycles. The molecule has 0 atom stereocenters. The molecule has 0 aliphatic carbocycles. The maximum Gasteiger partial charge on any atom is 0.387 e. The molecule has 2 aromatic heterocycles. The predicted molar refractivity (Wildman–Crippen MR) is 137 cm³/mol. The van der Waals surface area contributed by atoms with Crippen molar-refractivity contribution in [3.8, 4) is 17.0 Å². The van der Waals surface area contributed by atoms with E-state index in [1.807, 2.05) is 17.4 Å². The van der Waals surface area contributed by atoms with Crippen LogP contribution in [0.3, 0.4) is 0 Å². The van der Waals surface area contributed by atoms with Gasteiger partial charge in [0.25, 0.3) is 5.91 Å². The third-order valence-corrected chi connectivity index (χ3v) is 5.54. The van der Waals surface area contributed by atoms with Gasteiger partial charge in [0.05, 0.1) is 25.1 Å². The minimum absolute atomic E-state index is 0.0751. The molecule has 3 N–H and O–H groups in total. The summed E-state index contributed by atoms with van der Waals surface area (Å²) >= 11 is 0. The highest BCUT2D eigenvalue weighted by Gasteiger charge is 2.13. The molecule has 0 fully saturated rings. The Morgan fingerprint density at radius 1 is 1.11 bits per heavy atom. The molecule has 198 valence electrons. The van der Waals surface area contributed by atoms with Gasteiger partial charge < -0.3 is 25.4 Å². The maximum atomic E-state index is 12.5. The Hall–Kier alpha value is -4.58. The van der Waals surface area contributed by atoms with Gasteiger partial charge in [-0.3, -0.25) is 14.0 Å². The van der Waals surface area contributed by atoms with E-state index in [4.69, 9.17) is 4.74 Å². The number of hydrogen-bond donors (Lipinski definition) is 3. The number of benzene rings is 2. The molecule has 0 unspecified atom stereocenters. The molecule has 0 spiro atoms. The molecule has 0 bridgehead atoms. The minimum Gasteiger partial charge on any atom is -0.435 e. The number of imidazole rings is 1. The lowest BCUT2D eigenvalue weighted by molar-refractivity contribution is -0.109. The molecule has 4 rings (SSSR count). The summed E-state index contributed by atoms with van der Waals surface area (Å²) in [5, 5.41) is 8.55. The molecular weight excluding hydrogens is 498 g/mol. The fraction of sp³-hybridized carbons (Fsp3) is 0.231. The van der Waals surface area contributed by atoms with Gasteiger partial charge in [-0.2, -0.15) is 8.78 Å². The molecule has 2 amide bonds. The first-order chi connectivity index (χ1) is 18.5. The second-order valence-electron chi connectivity index (χ2n) is 8.11. The van der Waals surface area contributed by atoms with Crippen molar-refractivity contribution >= 4 is 29.5 Å². The summed E-state index contributed by atoms with van der Waals surface area (Å²) in [7, 11) is 0. The Balaban J connectivity index is 1.42. The zero-order valence-corrected chi connectivity index (χ0v) is 20.5. The number of ether oxygens (including phenoxy) is 2. The highest BCUT2D eigenvalue weighted by atomic mass is 19.3. The van der Waals surface area contributed by atoms with Gasteiger partial charge in [-0.25, -0.2) is 9.97 Å². The van der Waals surface area contributed by atoms with Crippen molar-refractivity contribution in [1.82, 2.24) is 25.0 Å². The fourth-order valence-corrected chi connectivity index (χ4v) is 3.79. The second kappa shape index (κ2) is 12.6. The number of nitrogens with one attached hydrogen (secondary N) is 3. The number of nitrogens with zero attached hydrogens (tertiary/aromatic N) is 3. The van der Waals surface area contributed by atoms with Gasteiger partial charge in [-0.15, -0.1) is 0 Å². The number of carbonyl (C=O) groups excluding carboxylic acids is 2. The molecule has 0 aliphatic rings. The van der Waals surface area contributed by atoms with Crippen LogP contribution in [0, 0.1) is 6.92 Å². The van der Waals surface area contributed by atoms with Crippen LogP contribution in [0.5, 0.6) is 5.75 Å². The van der Waals surface area contributed by atoms with Crippen LogP contribution < -0.4 is 20.7 Å². The zero-order valence-electron chi connectivity index (χ0n) is 20.5. The molecule has 0 saturated carbocycles. The number of rotatable bonds is 13. The molecule has 38 heavy (non-hydrogen) atoms. The molecule has 10 nitrogen and oxygen atoms in total. The molecule has 0 saturated heterocycles. The van der Waals surface area contributed by atoms with Crippen molar-refractivity contribution in [1.29, 1.82) is 0 Å². The van der Waals surface area contributed by atoms with Gasteiger partial charge in [0, 0.05) is 42.3 Å². The van der Waals surface area contributed by atoms with E-state index in [2.05, 4.69) is 30.7 Å². The van der Waals surface area contributed by atoms with Gasteiger partial charge in [0.2, 0.25) is 6.41 Å². The van der Waals surface area contributed by atoms with E-state index in [0.29, 0.717) is 49.7 Å². The number of halogens is 2. The summed E-state index contributed by atoms with van der Waals surface area (Å²) in [5.41, 5.74) is 4.12. The smallest absolute Gasteiger partial charge is 0.387 e. The molecular formula is C26H26F2N6O4. The van der Waals surface area contributed by atoms with Crippen molar-refractivity contribution < 1.29 is 27.8 Å². The van der Waals surface area contributed by atoms with E-state index in [-0.39, 0.29) is 11.7 Å². The molecule has 4 aromatic rings. The lowest BCUT2D eigenvalue weighted by Crippen LogP contribution is -2.28. The number of aryl methyl sites for hydroxylation is 1. The van der Waals surface area contributed by atoms with Gasteiger partial charge in [-0.05, 0) is 55.0 Å². The molecule has 12 heteroatoms. The van der Waals surface area contributed by atoms with Crippen LogP contribution in [0.15, 0.2) is 61.1 Å². The molecule has 0 aliphatic heterocycles. The standard InChI is InChI=1S/C26H26F2N6O4/c1-17-14-19(4-7-21(17)25(36)31-10-13-37-12-9-29-16-35)33-23-24-32-15-22(34(24)11-8-30-23)18-2-5-20(6-3-18)38-26(27)28/h2-8,11,14-16,26H,9-10,12-13H2,1H3,(H,29,35)(H,30,33)(H,31,36). The van der Waals surface area contributed by atoms with E-state index in [0.717, 1.165) is 22.5 Å². The van der Waals surface area contributed by atoms with E-state index in [1.54, 1.807) is 42.9 Å². The highest BCUT2D eigenvalue weighted by Crippen LogP contribution is 2.27. The van der Waals surface area contributed by atoms with Crippen LogP contribution in [0.2, 0.25) is 0 Å². The van der Waals surface area contributed by atoms with Crippen molar-refractivity contribution in [3.63, 3.8) is 0 Å². The lowest BCUT2D eigenvalue weighted by Gasteiger charge is -2.12. The fourth-order valence-electron chi connectivity index (χ4n) is 3.79. The maximum absolute atomic E-state index is 12.5. The van der Waals surface area contributed by atoms with Gasteiger partial charge in [-0.1, -0.05) is 0 Å². The number of fused-ring (bicyclic) bond motifs is 1. The number of alkyl halides is 2. The average Bonchev–Trinajstić information content (AvgIpc) is 3.33. The van der Waals surface area contributed by atoms with Gasteiger partial charge >= 0.3 is 6.61 Å². The summed E-state index contributed by atoms with van der Waals surface area (Å²) in [6.45, 7) is 0.419. The van der Waals surface area contributed by atoms with Crippen molar-refractivity contribution in [2.45, 2.75) is 13.5 Å². The van der Waals surface area contributed by atoms with Crippen LogP contribution in [0.1, 0.15) is 15.9 Å². The van der Waals surface area contributed by atoms with Crippen molar-refractivity contribution in [2.24, 2.45) is 0 Å². The molecule has 2 heterocycles. The first-order valence-corrected chi connectivity index (χ1v) is 11.7. The predicted octanol–water partition coefficient (Wildman–Crippen LogP) is 3.54. The van der Waals surface area contributed by atoms with Crippen LogP contribution >= 0.6 is 0 Å². The summed E-state index contributed by atoms with van der Waals surface area (Å²) in [6.07, 6.45) is 5.66. The van der Waals surface area contributed by atoms with Gasteiger partial charge in [0.1, 0.15) is 5.75 Å². The highest BCUT2D eigenvalue weighted by molar-refractivity contribution is 5.96. The van der Waals surface area contributed by atoms with E-state index in [9.17, 15) is 18.4 Å². The van der Waals surface area contributed by atoms with Crippen LogP contribution in [0.4, 0.5) is 20.3 Å². The molecule has 0 radical (unpaired) electrons. The van der Waals surface area contributed by atoms with Crippen LogP contribution in [0.25, 0.3) is 16.9 Å². The number of hydrogen-bond acceptors (Lipinski definition) is 7. The van der Waals surface area contributed by atoms with Crippen LogP contribution in [-0.4, -0.2) is 59.6 Å². The average molecular weight is 525 g/mol. The van der Waals surface area contributed by atoms with Gasteiger partial charge in [0.15, 0.2) is 11.5 Å².